The van der Waals surface area contributed by atoms with Gasteiger partial charge in [0.15, 0.2) is 10.9 Å². The summed E-state index contributed by atoms with van der Waals surface area (Å²) in [5, 5.41) is 9.00. The summed E-state index contributed by atoms with van der Waals surface area (Å²) < 4.78 is 10.4. The van der Waals surface area contributed by atoms with Crippen molar-refractivity contribution >= 4 is 52.1 Å². The van der Waals surface area contributed by atoms with Crippen molar-refractivity contribution in [2.75, 3.05) is 17.7 Å². The topological polar surface area (TPSA) is 92.6 Å². The molecular weight excluding hydrogens is 426 g/mol. The second-order valence-electron chi connectivity index (χ2n) is 6.15. The van der Waals surface area contributed by atoms with Crippen LogP contribution in [0.5, 0.6) is 5.75 Å². The molecule has 154 valence electrons. The van der Waals surface area contributed by atoms with Gasteiger partial charge in [0.1, 0.15) is 5.75 Å². The second kappa shape index (κ2) is 9.91. The molecule has 0 aliphatic heterocycles. The van der Waals surface area contributed by atoms with Crippen LogP contribution < -0.4 is 20.7 Å². The molecule has 0 radical (unpaired) electrons. The molecule has 30 heavy (non-hydrogen) atoms. The molecule has 0 fully saturated rings. The van der Waals surface area contributed by atoms with Crippen LogP contribution >= 0.6 is 23.8 Å². The Morgan fingerprint density at radius 2 is 1.87 bits per heavy atom. The van der Waals surface area contributed by atoms with Crippen LogP contribution in [-0.4, -0.2) is 24.0 Å². The van der Waals surface area contributed by atoms with Gasteiger partial charge in [-0.3, -0.25) is 9.59 Å². The molecule has 7 nitrogen and oxygen atoms in total. The largest absolute Gasteiger partial charge is 0.494 e. The van der Waals surface area contributed by atoms with E-state index in [2.05, 4.69) is 16.0 Å². The van der Waals surface area contributed by atoms with Crippen LogP contribution in [0.3, 0.4) is 0 Å². The fourth-order valence-corrected chi connectivity index (χ4v) is 2.94. The minimum atomic E-state index is -0.399. The van der Waals surface area contributed by atoms with Crippen molar-refractivity contribution in [3.05, 3.63) is 77.2 Å². The van der Waals surface area contributed by atoms with Gasteiger partial charge >= 0.3 is 0 Å². The fraction of sp³-hybridized carbons (Fsp3) is 0.0952. The van der Waals surface area contributed by atoms with Gasteiger partial charge in [-0.15, -0.1) is 0 Å². The lowest BCUT2D eigenvalue weighted by Gasteiger charge is -2.13. The Hall–Kier alpha value is -3.36. The van der Waals surface area contributed by atoms with Gasteiger partial charge in [-0.25, -0.2) is 0 Å². The number of nitrogens with one attached hydrogen (secondary N) is 3. The predicted octanol–water partition coefficient (Wildman–Crippen LogP) is 4.25. The molecule has 2 amide bonds. The number of amides is 2. The molecule has 0 saturated carbocycles. The van der Waals surface area contributed by atoms with Crippen molar-refractivity contribution in [2.45, 2.75) is 6.42 Å². The first-order valence-corrected chi connectivity index (χ1v) is 9.61. The third-order valence-electron chi connectivity index (χ3n) is 3.98. The van der Waals surface area contributed by atoms with Crippen molar-refractivity contribution in [1.29, 1.82) is 0 Å². The molecule has 0 saturated heterocycles. The first-order valence-electron chi connectivity index (χ1n) is 8.83. The zero-order chi connectivity index (χ0) is 21.5. The van der Waals surface area contributed by atoms with E-state index < -0.39 is 5.91 Å². The van der Waals surface area contributed by atoms with Gasteiger partial charge in [-0.05, 0) is 54.2 Å². The number of ether oxygens (including phenoxy) is 1. The van der Waals surface area contributed by atoms with E-state index in [0.29, 0.717) is 22.1 Å². The Morgan fingerprint density at radius 3 is 2.53 bits per heavy atom. The van der Waals surface area contributed by atoms with Crippen molar-refractivity contribution < 1.29 is 18.7 Å². The number of halogens is 1. The summed E-state index contributed by atoms with van der Waals surface area (Å²) in [6, 6.07) is 15.2. The highest BCUT2D eigenvalue weighted by molar-refractivity contribution is 7.80. The molecule has 3 rings (SSSR count). The Balaban J connectivity index is 1.59. The van der Waals surface area contributed by atoms with E-state index in [4.69, 9.17) is 33.0 Å². The third-order valence-corrected chi connectivity index (χ3v) is 4.44. The highest BCUT2D eigenvalue weighted by Crippen LogP contribution is 2.28. The maximum atomic E-state index is 12.2. The zero-order valence-electron chi connectivity index (χ0n) is 15.9. The lowest BCUT2D eigenvalue weighted by Crippen LogP contribution is -2.35. The lowest BCUT2D eigenvalue weighted by atomic mass is 10.1. The summed E-state index contributed by atoms with van der Waals surface area (Å²) in [7, 11) is 1.48. The van der Waals surface area contributed by atoms with Crippen molar-refractivity contribution in [3.63, 3.8) is 0 Å². The minimum absolute atomic E-state index is 0.142. The number of hydrogen-bond donors (Lipinski definition) is 3. The van der Waals surface area contributed by atoms with Gasteiger partial charge in [-0.1, -0.05) is 23.7 Å². The Morgan fingerprint density at radius 1 is 1.10 bits per heavy atom. The number of methoxy groups -OCH3 is 1. The Bertz CT molecular complexity index is 1050. The molecule has 1 heterocycles. The van der Waals surface area contributed by atoms with Crippen molar-refractivity contribution in [3.8, 4) is 5.75 Å². The van der Waals surface area contributed by atoms with E-state index in [1.165, 1.54) is 13.4 Å². The first-order chi connectivity index (χ1) is 14.4. The summed E-state index contributed by atoms with van der Waals surface area (Å²) in [4.78, 5) is 24.3. The Labute approximate surface area is 183 Å². The van der Waals surface area contributed by atoms with E-state index in [0.717, 1.165) is 5.56 Å². The molecule has 2 aromatic carbocycles. The number of anilines is 2. The quantitative estimate of drug-likeness (QED) is 0.493. The van der Waals surface area contributed by atoms with E-state index in [9.17, 15) is 9.59 Å². The van der Waals surface area contributed by atoms with Crippen LogP contribution in [0.1, 0.15) is 16.1 Å². The monoisotopic (exact) mass is 443 g/mol. The number of thiocarbonyl (C=S) groups is 1. The molecule has 3 aromatic rings. The molecule has 0 aliphatic rings. The van der Waals surface area contributed by atoms with E-state index in [-0.39, 0.29) is 23.2 Å². The summed E-state index contributed by atoms with van der Waals surface area (Å²) in [5.74, 6) is -0.0628. The van der Waals surface area contributed by atoms with Gasteiger partial charge in [0.05, 0.1) is 25.5 Å². The minimum Gasteiger partial charge on any atom is -0.494 e. The normalized spacial score (nSPS) is 10.2. The number of rotatable bonds is 6. The van der Waals surface area contributed by atoms with Crippen LogP contribution in [0.15, 0.2) is 65.3 Å². The molecule has 0 bridgehead atoms. The van der Waals surface area contributed by atoms with E-state index in [1.54, 1.807) is 54.6 Å². The van der Waals surface area contributed by atoms with Crippen LogP contribution in [-0.2, 0) is 11.2 Å². The van der Waals surface area contributed by atoms with Crippen LogP contribution in [0, 0.1) is 0 Å². The zero-order valence-corrected chi connectivity index (χ0v) is 17.5. The molecule has 9 heteroatoms. The molecule has 0 unspecified atom stereocenters. The Kier molecular flexibility index (Phi) is 7.05. The van der Waals surface area contributed by atoms with Gasteiger partial charge < -0.3 is 25.1 Å². The van der Waals surface area contributed by atoms with Crippen LogP contribution in [0.2, 0.25) is 5.02 Å². The average molecular weight is 444 g/mol. The van der Waals surface area contributed by atoms with Crippen molar-refractivity contribution in [1.82, 2.24) is 5.32 Å². The maximum absolute atomic E-state index is 12.2. The number of carbonyl (C=O) groups excluding carboxylic acids is 2. The highest BCUT2D eigenvalue weighted by Gasteiger charge is 2.13. The smallest absolute Gasteiger partial charge is 0.291 e. The number of furan rings is 1. The summed E-state index contributed by atoms with van der Waals surface area (Å²) >= 11 is 11.0. The van der Waals surface area contributed by atoms with Crippen LogP contribution in [0.25, 0.3) is 0 Å². The highest BCUT2D eigenvalue weighted by atomic mass is 35.5. The number of benzene rings is 2. The standard InChI is InChI=1S/C21H18ClN3O4S/c1-28-18-12-15(8-9-16(18)24-20(27)17-3-2-10-29-17)23-21(30)25-19(26)11-13-4-6-14(22)7-5-13/h2-10,12H,11H2,1H3,(H,24,27)(H2,23,25,26,30). The predicted molar refractivity (Wildman–Crippen MR) is 119 cm³/mol. The van der Waals surface area contributed by atoms with Crippen LogP contribution in [0.4, 0.5) is 11.4 Å². The van der Waals surface area contributed by atoms with E-state index in [1.807, 2.05) is 0 Å². The van der Waals surface area contributed by atoms with Gasteiger partial charge in [0.25, 0.3) is 5.91 Å². The summed E-state index contributed by atoms with van der Waals surface area (Å²) in [6.45, 7) is 0. The summed E-state index contributed by atoms with van der Waals surface area (Å²) in [5.41, 5.74) is 1.86. The van der Waals surface area contributed by atoms with Gasteiger partial charge in [0.2, 0.25) is 5.91 Å². The molecule has 0 spiro atoms. The molecule has 0 atom stereocenters. The maximum Gasteiger partial charge on any atom is 0.291 e. The third kappa shape index (κ3) is 5.82. The SMILES string of the molecule is COc1cc(NC(=S)NC(=O)Cc2ccc(Cl)cc2)ccc1NC(=O)c1ccco1. The summed E-state index contributed by atoms with van der Waals surface area (Å²) in [6.07, 6.45) is 1.58. The first kappa shape index (κ1) is 21.4. The van der Waals surface area contributed by atoms with E-state index >= 15 is 0 Å². The second-order valence-corrected chi connectivity index (χ2v) is 7.00. The van der Waals surface area contributed by atoms with Gasteiger partial charge in [-0.2, -0.15) is 0 Å². The number of carbonyl (C=O) groups is 2. The molecular formula is C21H18ClN3O4S. The van der Waals surface area contributed by atoms with Crippen molar-refractivity contribution in [2.24, 2.45) is 0 Å². The molecule has 3 N–H and O–H groups in total. The molecule has 0 aliphatic carbocycles. The lowest BCUT2D eigenvalue weighted by molar-refractivity contribution is -0.119. The number of hydrogen-bond acceptors (Lipinski definition) is 5. The fourth-order valence-electron chi connectivity index (χ4n) is 2.58. The molecule has 1 aromatic heterocycles. The average Bonchev–Trinajstić information content (AvgIpc) is 3.25. The van der Waals surface area contributed by atoms with Gasteiger partial charge in [0, 0.05) is 16.8 Å².